The van der Waals surface area contributed by atoms with Gasteiger partial charge in [0, 0.05) is 17.8 Å². The molecule has 2 aromatic heterocycles. The van der Waals surface area contributed by atoms with E-state index in [1.807, 2.05) is 18.7 Å². The van der Waals surface area contributed by atoms with E-state index in [0.29, 0.717) is 6.42 Å². The zero-order valence-electron chi connectivity index (χ0n) is 11.6. The Kier molecular flexibility index (Phi) is 3.33. The van der Waals surface area contributed by atoms with Crippen LogP contribution in [0.25, 0.3) is 10.2 Å². The van der Waals surface area contributed by atoms with Crippen LogP contribution in [-0.2, 0) is 11.2 Å². The molecule has 0 amide bonds. The van der Waals surface area contributed by atoms with Crippen molar-refractivity contribution in [2.45, 2.75) is 39.2 Å². The third kappa shape index (κ3) is 2.14. The van der Waals surface area contributed by atoms with Crippen molar-refractivity contribution in [3.05, 3.63) is 16.8 Å². The van der Waals surface area contributed by atoms with E-state index < -0.39 is 12.0 Å². The summed E-state index contributed by atoms with van der Waals surface area (Å²) in [5.74, 6) is 0.811. The van der Waals surface area contributed by atoms with Crippen LogP contribution in [0.15, 0.2) is 6.07 Å². The van der Waals surface area contributed by atoms with Crippen molar-refractivity contribution in [1.29, 1.82) is 0 Å². The number of carboxylic acids is 1. The molecule has 1 aliphatic heterocycles. The minimum atomic E-state index is -0.765. The summed E-state index contributed by atoms with van der Waals surface area (Å²) in [5, 5.41) is 10.4. The highest BCUT2D eigenvalue weighted by Gasteiger charge is 2.33. The Hall–Kier alpha value is -1.69. The van der Waals surface area contributed by atoms with E-state index in [1.54, 1.807) is 11.3 Å². The topological polar surface area (TPSA) is 66.3 Å². The van der Waals surface area contributed by atoms with Crippen molar-refractivity contribution in [2.24, 2.45) is 0 Å². The highest BCUT2D eigenvalue weighted by molar-refractivity contribution is 7.18. The summed E-state index contributed by atoms with van der Waals surface area (Å²) >= 11 is 1.64. The second-order valence-electron chi connectivity index (χ2n) is 5.08. The fraction of sp³-hybridized carbons (Fsp3) is 0.500. The van der Waals surface area contributed by atoms with Crippen molar-refractivity contribution in [3.63, 3.8) is 0 Å². The van der Waals surface area contributed by atoms with Gasteiger partial charge in [-0.2, -0.15) is 0 Å². The van der Waals surface area contributed by atoms with Gasteiger partial charge in [0.25, 0.3) is 0 Å². The first-order valence-corrected chi connectivity index (χ1v) is 7.68. The molecule has 1 unspecified atom stereocenters. The van der Waals surface area contributed by atoms with Gasteiger partial charge in [-0.1, -0.05) is 6.92 Å². The van der Waals surface area contributed by atoms with Crippen LogP contribution in [0.2, 0.25) is 0 Å². The van der Waals surface area contributed by atoms with Gasteiger partial charge in [0.15, 0.2) is 0 Å². The molecule has 1 aliphatic rings. The zero-order valence-corrected chi connectivity index (χ0v) is 12.4. The number of fused-ring (bicyclic) bond motifs is 1. The van der Waals surface area contributed by atoms with Gasteiger partial charge < -0.3 is 10.0 Å². The highest BCUT2D eigenvalue weighted by atomic mass is 32.1. The lowest BCUT2D eigenvalue weighted by Crippen LogP contribution is -2.36. The van der Waals surface area contributed by atoms with Gasteiger partial charge in [0.1, 0.15) is 22.5 Å². The Bertz CT molecular complexity index is 668. The van der Waals surface area contributed by atoms with Crippen LogP contribution in [0.3, 0.4) is 0 Å². The number of anilines is 1. The second kappa shape index (κ2) is 5.01. The molecule has 5 nitrogen and oxygen atoms in total. The molecule has 20 heavy (non-hydrogen) atoms. The summed E-state index contributed by atoms with van der Waals surface area (Å²) < 4.78 is 0. The molecule has 1 fully saturated rings. The predicted molar refractivity (Wildman–Crippen MR) is 79.5 cm³/mol. The molecular weight excluding hydrogens is 274 g/mol. The highest BCUT2D eigenvalue weighted by Crippen LogP contribution is 2.34. The van der Waals surface area contributed by atoms with Crippen LogP contribution in [0.5, 0.6) is 0 Å². The number of thiophene rings is 1. The Morgan fingerprint density at radius 2 is 2.35 bits per heavy atom. The van der Waals surface area contributed by atoms with Gasteiger partial charge in [-0.3, -0.25) is 0 Å². The molecule has 0 bridgehead atoms. The summed E-state index contributed by atoms with van der Waals surface area (Å²) in [4.78, 5) is 24.6. The fourth-order valence-electron chi connectivity index (χ4n) is 2.72. The van der Waals surface area contributed by atoms with E-state index in [9.17, 15) is 9.90 Å². The molecular formula is C14H17N3O2S. The predicted octanol–water partition coefficient (Wildman–Crippen LogP) is 2.62. The maximum atomic E-state index is 11.4. The molecule has 0 saturated carbocycles. The maximum absolute atomic E-state index is 11.4. The lowest BCUT2D eigenvalue weighted by Gasteiger charge is -2.23. The van der Waals surface area contributed by atoms with E-state index in [0.717, 1.165) is 41.2 Å². The molecule has 0 aliphatic carbocycles. The lowest BCUT2D eigenvalue weighted by atomic mass is 10.2. The average molecular weight is 291 g/mol. The first-order valence-electron chi connectivity index (χ1n) is 6.86. The van der Waals surface area contributed by atoms with Crippen LogP contribution in [0, 0.1) is 6.92 Å². The van der Waals surface area contributed by atoms with Crippen molar-refractivity contribution >= 4 is 33.3 Å². The molecule has 6 heteroatoms. The minimum Gasteiger partial charge on any atom is -0.480 e. The molecule has 0 spiro atoms. The third-order valence-electron chi connectivity index (χ3n) is 3.67. The van der Waals surface area contributed by atoms with E-state index in [1.165, 1.54) is 4.88 Å². The Morgan fingerprint density at radius 1 is 1.55 bits per heavy atom. The van der Waals surface area contributed by atoms with Crippen LogP contribution < -0.4 is 4.90 Å². The molecule has 0 aromatic carbocycles. The number of carbonyl (C=O) groups is 1. The van der Waals surface area contributed by atoms with E-state index in [4.69, 9.17) is 0 Å². The van der Waals surface area contributed by atoms with E-state index in [-0.39, 0.29) is 0 Å². The lowest BCUT2D eigenvalue weighted by molar-refractivity contribution is -0.138. The molecule has 3 heterocycles. The Balaban J connectivity index is 2.16. The fourth-order valence-corrected chi connectivity index (χ4v) is 3.62. The number of aryl methyl sites for hydroxylation is 2. The minimum absolute atomic E-state index is 0.460. The summed E-state index contributed by atoms with van der Waals surface area (Å²) in [5.41, 5.74) is 0. The summed E-state index contributed by atoms with van der Waals surface area (Å²) in [7, 11) is 0. The standard InChI is InChI=1S/C14H17N3O2S/c1-3-11-15-12(9-7-8(2)20-13(9)16-11)17-6-4-5-10(17)14(18)19/h7,10H,3-6H2,1-2H3,(H,18,19). The molecule has 106 valence electrons. The summed E-state index contributed by atoms with van der Waals surface area (Å²) in [6.45, 7) is 4.81. The number of aromatic nitrogens is 2. The first kappa shape index (κ1) is 13.3. The molecule has 0 radical (unpaired) electrons. The number of hydrogen-bond donors (Lipinski definition) is 1. The van der Waals surface area contributed by atoms with Crippen molar-refractivity contribution in [3.8, 4) is 0 Å². The van der Waals surface area contributed by atoms with Crippen LogP contribution in [0.1, 0.15) is 30.5 Å². The van der Waals surface area contributed by atoms with Crippen molar-refractivity contribution in [1.82, 2.24) is 9.97 Å². The number of nitrogens with zero attached hydrogens (tertiary/aromatic N) is 3. The monoisotopic (exact) mass is 291 g/mol. The molecule has 1 saturated heterocycles. The van der Waals surface area contributed by atoms with Crippen LogP contribution >= 0.6 is 11.3 Å². The van der Waals surface area contributed by atoms with E-state index in [2.05, 4.69) is 16.0 Å². The average Bonchev–Trinajstić information content (AvgIpc) is 3.02. The zero-order chi connectivity index (χ0) is 14.3. The van der Waals surface area contributed by atoms with Gasteiger partial charge in [0.2, 0.25) is 0 Å². The SMILES string of the molecule is CCc1nc(N2CCCC2C(=O)O)c2cc(C)sc2n1. The molecule has 2 aromatic rings. The largest absolute Gasteiger partial charge is 0.480 e. The van der Waals surface area contributed by atoms with Crippen molar-refractivity contribution < 1.29 is 9.90 Å². The Morgan fingerprint density at radius 3 is 3.05 bits per heavy atom. The quantitative estimate of drug-likeness (QED) is 0.941. The summed E-state index contributed by atoms with van der Waals surface area (Å²) in [6.07, 6.45) is 2.34. The summed E-state index contributed by atoms with van der Waals surface area (Å²) in [6, 6.07) is 1.60. The Labute approximate surface area is 121 Å². The van der Waals surface area contributed by atoms with Crippen LogP contribution in [0.4, 0.5) is 5.82 Å². The smallest absolute Gasteiger partial charge is 0.326 e. The second-order valence-corrected chi connectivity index (χ2v) is 6.32. The number of rotatable bonds is 3. The number of aliphatic carboxylic acids is 1. The maximum Gasteiger partial charge on any atom is 0.326 e. The molecule has 3 rings (SSSR count). The van der Waals surface area contributed by atoms with E-state index >= 15 is 0 Å². The third-order valence-corrected chi connectivity index (χ3v) is 4.61. The van der Waals surface area contributed by atoms with Gasteiger partial charge in [-0.15, -0.1) is 11.3 Å². The van der Waals surface area contributed by atoms with Crippen molar-refractivity contribution in [2.75, 3.05) is 11.4 Å². The molecule has 1 atom stereocenters. The van der Waals surface area contributed by atoms with Gasteiger partial charge in [-0.05, 0) is 25.8 Å². The first-order chi connectivity index (χ1) is 9.60. The van der Waals surface area contributed by atoms with Gasteiger partial charge in [-0.25, -0.2) is 14.8 Å². The number of hydrogen-bond acceptors (Lipinski definition) is 5. The number of carboxylic acid groups (broad SMARTS) is 1. The van der Waals surface area contributed by atoms with Gasteiger partial charge in [0.05, 0.1) is 5.39 Å². The normalized spacial score (nSPS) is 18.9. The molecule has 1 N–H and O–H groups in total. The van der Waals surface area contributed by atoms with Crippen LogP contribution in [-0.4, -0.2) is 33.6 Å². The van der Waals surface area contributed by atoms with Gasteiger partial charge >= 0.3 is 5.97 Å².